The third-order valence-electron chi connectivity index (χ3n) is 7.18. The van der Waals surface area contributed by atoms with Crippen molar-refractivity contribution in [1.29, 1.82) is 5.26 Å². The summed E-state index contributed by atoms with van der Waals surface area (Å²) in [7, 11) is 0. The average molecular weight is 417 g/mol. The van der Waals surface area contributed by atoms with Crippen LogP contribution in [0, 0.1) is 24.2 Å². The molecular formula is C25H32N6. The molecule has 0 amide bonds. The number of rotatable bonds is 6. The quantitative estimate of drug-likeness (QED) is 0.693. The van der Waals surface area contributed by atoms with Crippen LogP contribution >= 0.6 is 0 Å². The number of fused-ring (bicyclic) bond motifs is 1. The highest BCUT2D eigenvalue weighted by Crippen LogP contribution is 2.42. The zero-order valence-corrected chi connectivity index (χ0v) is 18.4. The first-order valence-corrected chi connectivity index (χ1v) is 11.8. The lowest BCUT2D eigenvalue weighted by Gasteiger charge is -2.44. The summed E-state index contributed by atoms with van der Waals surface area (Å²) in [5.74, 6) is 2.72. The van der Waals surface area contributed by atoms with Gasteiger partial charge in [-0.1, -0.05) is 12.5 Å². The van der Waals surface area contributed by atoms with Crippen LogP contribution < -0.4 is 10.6 Å². The SMILES string of the molecule is Cc1cnc(Nc2ccc(C3CC3)c(C#N)c2)nc1NC[C@@H]1CCCN2CCCC[C@H]12. The van der Waals surface area contributed by atoms with Crippen LogP contribution in [-0.2, 0) is 0 Å². The smallest absolute Gasteiger partial charge is 0.229 e. The fourth-order valence-corrected chi connectivity index (χ4v) is 5.33. The predicted octanol–water partition coefficient (Wildman–Crippen LogP) is 4.95. The van der Waals surface area contributed by atoms with Crippen molar-refractivity contribution in [3.8, 4) is 6.07 Å². The Balaban J connectivity index is 1.26. The van der Waals surface area contributed by atoms with Crippen molar-refractivity contribution < 1.29 is 0 Å². The van der Waals surface area contributed by atoms with E-state index in [1.165, 1.54) is 63.6 Å². The summed E-state index contributed by atoms with van der Waals surface area (Å²) in [4.78, 5) is 11.9. The van der Waals surface area contributed by atoms with E-state index >= 15 is 0 Å². The Morgan fingerprint density at radius 3 is 2.84 bits per heavy atom. The van der Waals surface area contributed by atoms with Gasteiger partial charge in [-0.05, 0) is 88.1 Å². The van der Waals surface area contributed by atoms with Gasteiger partial charge in [-0.15, -0.1) is 0 Å². The first-order valence-electron chi connectivity index (χ1n) is 11.8. The Bertz CT molecular complexity index is 974. The molecule has 0 spiro atoms. The molecule has 2 aromatic rings. The van der Waals surface area contributed by atoms with Gasteiger partial charge < -0.3 is 15.5 Å². The molecule has 31 heavy (non-hydrogen) atoms. The maximum atomic E-state index is 9.52. The van der Waals surface area contributed by atoms with Crippen molar-refractivity contribution in [2.45, 2.75) is 63.8 Å². The van der Waals surface area contributed by atoms with E-state index in [2.05, 4.69) is 39.6 Å². The minimum atomic E-state index is 0.565. The predicted molar refractivity (Wildman–Crippen MR) is 124 cm³/mol. The molecule has 1 aromatic carbocycles. The highest BCUT2D eigenvalue weighted by Gasteiger charge is 2.32. The Kier molecular flexibility index (Phi) is 5.78. The minimum Gasteiger partial charge on any atom is -0.369 e. The zero-order valence-electron chi connectivity index (χ0n) is 18.4. The summed E-state index contributed by atoms with van der Waals surface area (Å²) in [5, 5.41) is 16.4. The first kappa shape index (κ1) is 20.3. The van der Waals surface area contributed by atoms with Gasteiger partial charge in [-0.2, -0.15) is 10.2 Å². The van der Waals surface area contributed by atoms with Crippen molar-refractivity contribution in [1.82, 2.24) is 14.9 Å². The Labute approximate surface area is 185 Å². The third-order valence-corrected chi connectivity index (χ3v) is 7.18. The number of nitriles is 1. The van der Waals surface area contributed by atoms with Gasteiger partial charge in [0.25, 0.3) is 0 Å². The van der Waals surface area contributed by atoms with E-state index in [0.717, 1.165) is 35.2 Å². The lowest BCUT2D eigenvalue weighted by atomic mass is 9.83. The van der Waals surface area contributed by atoms with Crippen LogP contribution in [0.3, 0.4) is 0 Å². The standard InChI is InChI=1S/C25H32N6/c1-17-15-28-25(29-21-9-10-22(18-7-8-18)20(13-21)14-26)30-24(17)27-16-19-5-4-12-31-11-3-2-6-23(19)31/h9-10,13,15,18-19,23H,2-8,11-12,16H2,1H3,(H2,27,28,29,30)/t19-,23+/m0/s1. The van der Waals surface area contributed by atoms with Gasteiger partial charge in [-0.3, -0.25) is 0 Å². The summed E-state index contributed by atoms with van der Waals surface area (Å²) < 4.78 is 0. The van der Waals surface area contributed by atoms with Crippen molar-refractivity contribution in [2.75, 3.05) is 30.3 Å². The molecule has 2 saturated heterocycles. The van der Waals surface area contributed by atoms with Gasteiger partial charge in [0.05, 0.1) is 11.6 Å². The second-order valence-corrected chi connectivity index (χ2v) is 9.42. The number of nitrogens with one attached hydrogen (secondary N) is 2. The zero-order chi connectivity index (χ0) is 21.2. The van der Waals surface area contributed by atoms with Gasteiger partial charge in [0, 0.05) is 30.0 Å². The lowest BCUT2D eigenvalue weighted by molar-refractivity contribution is 0.0649. The first-order chi connectivity index (χ1) is 15.2. The monoisotopic (exact) mass is 416 g/mol. The average Bonchev–Trinajstić information content (AvgIpc) is 3.64. The number of aryl methyl sites for hydroxylation is 1. The van der Waals surface area contributed by atoms with Gasteiger partial charge in [0.15, 0.2) is 0 Å². The topological polar surface area (TPSA) is 76.9 Å². The van der Waals surface area contributed by atoms with Crippen molar-refractivity contribution in [3.05, 3.63) is 41.1 Å². The van der Waals surface area contributed by atoms with Gasteiger partial charge in [-0.25, -0.2) is 4.98 Å². The van der Waals surface area contributed by atoms with Crippen LogP contribution in [-0.4, -0.2) is 40.5 Å². The van der Waals surface area contributed by atoms with E-state index in [-0.39, 0.29) is 0 Å². The summed E-state index contributed by atoms with van der Waals surface area (Å²) in [6, 6.07) is 9.10. The highest BCUT2D eigenvalue weighted by atomic mass is 15.2. The molecule has 6 heteroatoms. The molecule has 5 rings (SSSR count). The summed E-state index contributed by atoms with van der Waals surface area (Å²) in [6.45, 7) is 5.56. The molecular weight excluding hydrogens is 384 g/mol. The fourth-order valence-electron chi connectivity index (χ4n) is 5.33. The molecule has 1 aromatic heterocycles. The molecule has 3 aliphatic rings. The molecule has 3 heterocycles. The molecule has 6 nitrogen and oxygen atoms in total. The van der Waals surface area contributed by atoms with Crippen LogP contribution in [0.25, 0.3) is 0 Å². The number of benzene rings is 1. The maximum Gasteiger partial charge on any atom is 0.229 e. The Morgan fingerprint density at radius 2 is 2.00 bits per heavy atom. The normalized spacial score (nSPS) is 23.6. The van der Waals surface area contributed by atoms with E-state index in [1.807, 2.05) is 18.3 Å². The van der Waals surface area contributed by atoms with Gasteiger partial charge in [0.2, 0.25) is 5.95 Å². The molecule has 2 aliphatic heterocycles. The van der Waals surface area contributed by atoms with E-state index in [4.69, 9.17) is 4.98 Å². The summed E-state index contributed by atoms with van der Waals surface area (Å²) in [6.07, 6.45) is 10.9. The minimum absolute atomic E-state index is 0.565. The third kappa shape index (κ3) is 4.52. The lowest BCUT2D eigenvalue weighted by Crippen LogP contribution is -2.49. The van der Waals surface area contributed by atoms with Crippen LogP contribution in [0.5, 0.6) is 0 Å². The number of piperidine rings is 2. The molecule has 2 atom stereocenters. The van der Waals surface area contributed by atoms with E-state index < -0.39 is 0 Å². The molecule has 162 valence electrons. The van der Waals surface area contributed by atoms with Crippen molar-refractivity contribution in [3.63, 3.8) is 0 Å². The Morgan fingerprint density at radius 1 is 1.13 bits per heavy atom. The second kappa shape index (κ2) is 8.84. The molecule has 1 saturated carbocycles. The molecule has 0 unspecified atom stereocenters. The van der Waals surface area contributed by atoms with Crippen LogP contribution in [0.15, 0.2) is 24.4 Å². The number of anilines is 3. The Hall–Kier alpha value is -2.65. The molecule has 0 radical (unpaired) electrons. The number of hydrogen-bond acceptors (Lipinski definition) is 6. The van der Waals surface area contributed by atoms with E-state index in [9.17, 15) is 5.26 Å². The molecule has 2 N–H and O–H groups in total. The molecule has 0 bridgehead atoms. The van der Waals surface area contributed by atoms with Gasteiger partial charge in [0.1, 0.15) is 5.82 Å². The highest BCUT2D eigenvalue weighted by molar-refractivity contribution is 5.60. The van der Waals surface area contributed by atoms with E-state index in [0.29, 0.717) is 17.8 Å². The van der Waals surface area contributed by atoms with Crippen LogP contribution in [0.1, 0.15) is 67.6 Å². The van der Waals surface area contributed by atoms with Gasteiger partial charge >= 0.3 is 0 Å². The molecule has 3 fully saturated rings. The summed E-state index contributed by atoms with van der Waals surface area (Å²) >= 11 is 0. The second-order valence-electron chi connectivity index (χ2n) is 9.42. The fraction of sp³-hybridized carbons (Fsp3) is 0.560. The number of nitrogens with zero attached hydrogens (tertiary/aromatic N) is 4. The number of aromatic nitrogens is 2. The largest absolute Gasteiger partial charge is 0.369 e. The summed E-state index contributed by atoms with van der Waals surface area (Å²) in [5.41, 5.74) is 3.85. The number of hydrogen-bond donors (Lipinski definition) is 2. The molecule has 1 aliphatic carbocycles. The van der Waals surface area contributed by atoms with Crippen molar-refractivity contribution in [2.24, 2.45) is 5.92 Å². The van der Waals surface area contributed by atoms with Crippen LogP contribution in [0.4, 0.5) is 17.5 Å². The van der Waals surface area contributed by atoms with Crippen LogP contribution in [0.2, 0.25) is 0 Å². The van der Waals surface area contributed by atoms with E-state index in [1.54, 1.807) is 0 Å². The maximum absolute atomic E-state index is 9.52. The van der Waals surface area contributed by atoms with Crippen molar-refractivity contribution >= 4 is 17.5 Å².